The molecule has 0 saturated heterocycles. The lowest BCUT2D eigenvalue weighted by Gasteiger charge is -2.14. The molecule has 0 aliphatic heterocycles. The molecule has 5 rings (SSSR count). The summed E-state index contributed by atoms with van der Waals surface area (Å²) in [4.78, 5) is -5.85. The summed E-state index contributed by atoms with van der Waals surface area (Å²) >= 11 is 0. The highest BCUT2D eigenvalue weighted by molar-refractivity contribution is 7.87. The Balaban J connectivity index is 1.83. The average Bonchev–Trinajstić information content (AvgIpc) is 3.00. The maximum atomic E-state index is 12.4. The van der Waals surface area contributed by atoms with Crippen LogP contribution in [0.5, 0.6) is 5.75 Å². The van der Waals surface area contributed by atoms with E-state index in [4.69, 9.17) is 11.5 Å². The Morgan fingerprint density at radius 2 is 1.00 bits per heavy atom. The van der Waals surface area contributed by atoms with E-state index >= 15 is 0 Å². The molecule has 22 nitrogen and oxygen atoms in total. The Morgan fingerprint density at radius 1 is 0.491 bits per heavy atom. The quantitative estimate of drug-likeness (QED) is 0.0592. The van der Waals surface area contributed by atoms with Crippen molar-refractivity contribution in [2.75, 3.05) is 11.5 Å². The lowest BCUT2D eigenvalue weighted by molar-refractivity contribution is 0.472. The van der Waals surface area contributed by atoms with Gasteiger partial charge in [-0.15, -0.1) is 20.5 Å². The standard InChI is InChI=1S/C26H20N6O16S5/c27-14-9-16(18(50(37,38)39)10-17(14)49(34,35)36)30-31-23-19(51(40,41)42)7-12-8-20(52(43,44)45)24(25(33)21(12)22(23)28)32-29-15-6-5-11-3-1-2-4-13(11)26(15)53(46,47)48/h1-10,33H,27-28H2,(H,34,35,36)(H,37,38,39)(H,40,41,42)(H,43,44,45)(H,46,47,48). The zero-order valence-electron chi connectivity index (χ0n) is 25.5. The molecular formula is C26H20N6O16S5. The van der Waals surface area contributed by atoms with Crippen molar-refractivity contribution in [1.29, 1.82) is 0 Å². The van der Waals surface area contributed by atoms with Crippen LogP contribution >= 0.6 is 0 Å². The minimum atomic E-state index is -5.43. The molecule has 27 heteroatoms. The molecule has 0 spiro atoms. The molecule has 0 unspecified atom stereocenters. The summed E-state index contributed by atoms with van der Waals surface area (Å²) in [7, 11) is -26.4. The van der Waals surface area contributed by atoms with E-state index in [0.717, 1.165) is 6.07 Å². The molecule has 53 heavy (non-hydrogen) atoms. The zero-order chi connectivity index (χ0) is 39.6. The number of phenolic OH excluding ortho intramolecular Hbond substituents is 1. The van der Waals surface area contributed by atoms with Crippen molar-refractivity contribution in [2.24, 2.45) is 20.5 Å². The van der Waals surface area contributed by atoms with Gasteiger partial charge in [-0.3, -0.25) is 22.8 Å². The predicted molar refractivity (Wildman–Crippen MR) is 182 cm³/mol. The van der Waals surface area contributed by atoms with Crippen molar-refractivity contribution in [2.45, 2.75) is 24.5 Å². The smallest absolute Gasteiger partial charge is 0.297 e. The fourth-order valence-corrected chi connectivity index (χ4v) is 8.46. The molecule has 280 valence electrons. The Bertz CT molecular complexity index is 3060. The van der Waals surface area contributed by atoms with Gasteiger partial charge in [0.2, 0.25) is 0 Å². The van der Waals surface area contributed by atoms with Crippen LogP contribution < -0.4 is 11.5 Å². The fourth-order valence-electron chi connectivity index (χ4n) is 4.97. The third-order valence-electron chi connectivity index (χ3n) is 7.15. The number of anilines is 2. The van der Waals surface area contributed by atoms with E-state index in [0.29, 0.717) is 23.6 Å². The molecule has 0 saturated carbocycles. The van der Waals surface area contributed by atoms with Gasteiger partial charge in [0.1, 0.15) is 47.2 Å². The number of aromatic hydroxyl groups is 1. The number of nitrogens with zero attached hydrogens (tertiary/aromatic N) is 4. The van der Waals surface area contributed by atoms with E-state index in [-0.39, 0.29) is 11.5 Å². The topological polar surface area (TPSA) is 394 Å². The van der Waals surface area contributed by atoms with Crippen LogP contribution in [0.3, 0.4) is 0 Å². The van der Waals surface area contributed by atoms with Gasteiger partial charge in [-0.25, -0.2) is 0 Å². The Morgan fingerprint density at radius 3 is 1.55 bits per heavy atom. The van der Waals surface area contributed by atoms with Crippen molar-refractivity contribution in [1.82, 2.24) is 0 Å². The van der Waals surface area contributed by atoms with E-state index in [9.17, 15) is 70.0 Å². The minimum Gasteiger partial charge on any atom is -0.505 e. The van der Waals surface area contributed by atoms with Gasteiger partial charge in [0, 0.05) is 5.39 Å². The molecular weight excluding hydrogens is 813 g/mol. The molecule has 10 N–H and O–H groups in total. The first kappa shape index (κ1) is 39.0. The summed E-state index contributed by atoms with van der Waals surface area (Å²) in [6, 6.07) is 9.83. The van der Waals surface area contributed by atoms with Crippen LogP contribution in [0.25, 0.3) is 21.5 Å². The number of hydrogen-bond acceptors (Lipinski definition) is 17. The van der Waals surface area contributed by atoms with Gasteiger partial charge in [-0.1, -0.05) is 30.3 Å². The van der Waals surface area contributed by atoms with Crippen molar-refractivity contribution < 1.29 is 70.0 Å². The molecule has 0 atom stereocenters. The SMILES string of the molecule is Nc1cc(N=Nc2c(S(=O)(=O)O)cc3cc(S(=O)(=O)O)c(N=Nc4ccc5ccccc5c4S(=O)(=O)O)c(O)c3c2N)c(S(=O)(=O)O)cc1S(=O)(=O)O. The van der Waals surface area contributed by atoms with Gasteiger partial charge in [-0.2, -0.15) is 42.1 Å². The van der Waals surface area contributed by atoms with Gasteiger partial charge in [-0.05, 0) is 41.1 Å². The molecule has 0 amide bonds. The first-order valence-electron chi connectivity index (χ1n) is 13.5. The molecule has 5 aromatic rings. The maximum absolute atomic E-state index is 12.4. The Kier molecular flexibility index (Phi) is 9.57. The first-order chi connectivity index (χ1) is 24.2. The van der Waals surface area contributed by atoms with Gasteiger partial charge in [0.15, 0.2) is 5.75 Å². The molecule has 0 aliphatic carbocycles. The van der Waals surface area contributed by atoms with Gasteiger partial charge < -0.3 is 16.6 Å². The number of azo groups is 2. The van der Waals surface area contributed by atoms with Crippen molar-refractivity contribution in [3.63, 3.8) is 0 Å². The van der Waals surface area contributed by atoms with E-state index in [1.54, 1.807) is 6.07 Å². The molecule has 0 aliphatic rings. The summed E-state index contributed by atoms with van der Waals surface area (Å²) in [5.74, 6) is -1.29. The maximum Gasteiger partial charge on any atom is 0.297 e. The van der Waals surface area contributed by atoms with Crippen LogP contribution in [-0.2, 0) is 50.6 Å². The van der Waals surface area contributed by atoms with Gasteiger partial charge in [0.25, 0.3) is 50.6 Å². The Labute approximate surface area is 297 Å². The second kappa shape index (κ2) is 13.0. The second-order valence-corrected chi connectivity index (χ2v) is 17.5. The van der Waals surface area contributed by atoms with E-state index in [1.807, 2.05) is 0 Å². The number of phenols is 1. The largest absolute Gasteiger partial charge is 0.505 e. The molecule has 0 heterocycles. The summed E-state index contributed by atoms with van der Waals surface area (Å²) < 4.78 is 171. The number of nitrogen functional groups attached to an aromatic ring is 2. The van der Waals surface area contributed by atoms with Crippen molar-refractivity contribution >= 4 is 106 Å². The Hall–Kier alpha value is -5.23. The van der Waals surface area contributed by atoms with E-state index < -0.39 is 126 Å². The first-order valence-corrected chi connectivity index (χ1v) is 20.7. The van der Waals surface area contributed by atoms with Gasteiger partial charge in [0.05, 0.1) is 16.8 Å². The van der Waals surface area contributed by atoms with Crippen LogP contribution in [0.2, 0.25) is 0 Å². The van der Waals surface area contributed by atoms with Crippen LogP contribution in [0.1, 0.15) is 0 Å². The van der Waals surface area contributed by atoms with Gasteiger partial charge >= 0.3 is 0 Å². The second-order valence-electron chi connectivity index (χ2n) is 10.6. The third-order valence-corrected chi connectivity index (χ3v) is 11.6. The van der Waals surface area contributed by atoms with Crippen LogP contribution in [0.4, 0.5) is 34.1 Å². The summed E-state index contributed by atoms with van der Waals surface area (Å²) in [5.41, 5.74) is 6.05. The monoisotopic (exact) mass is 832 g/mol. The third kappa shape index (κ3) is 7.64. The molecule has 0 bridgehead atoms. The average molecular weight is 833 g/mol. The van der Waals surface area contributed by atoms with Crippen LogP contribution in [-0.4, -0.2) is 70.0 Å². The van der Waals surface area contributed by atoms with E-state index in [2.05, 4.69) is 20.5 Å². The number of hydrogen-bond donors (Lipinski definition) is 8. The van der Waals surface area contributed by atoms with Crippen LogP contribution in [0, 0.1) is 0 Å². The molecule has 0 radical (unpaired) electrons. The number of fused-ring (bicyclic) bond motifs is 2. The number of nitrogens with two attached hydrogens (primary N) is 2. The zero-order valence-corrected chi connectivity index (χ0v) is 29.6. The van der Waals surface area contributed by atoms with Crippen molar-refractivity contribution in [3.05, 3.63) is 60.7 Å². The lowest BCUT2D eigenvalue weighted by Crippen LogP contribution is -2.07. The van der Waals surface area contributed by atoms with Crippen LogP contribution in [0.15, 0.2) is 106 Å². The highest BCUT2D eigenvalue weighted by Crippen LogP contribution is 2.49. The lowest BCUT2D eigenvalue weighted by atomic mass is 10.1. The highest BCUT2D eigenvalue weighted by atomic mass is 32.2. The number of rotatable bonds is 9. The summed E-state index contributed by atoms with van der Waals surface area (Å²) in [6.45, 7) is 0. The normalized spacial score (nSPS) is 13.5. The molecule has 0 fully saturated rings. The molecule has 0 aromatic heterocycles. The molecule has 5 aromatic carbocycles. The van der Waals surface area contributed by atoms with Crippen molar-refractivity contribution in [3.8, 4) is 5.75 Å². The minimum absolute atomic E-state index is 0.0484. The summed E-state index contributed by atoms with van der Waals surface area (Å²) in [5, 5.41) is 24.4. The van der Waals surface area contributed by atoms with E-state index in [1.165, 1.54) is 24.3 Å². The highest BCUT2D eigenvalue weighted by Gasteiger charge is 2.29. The predicted octanol–water partition coefficient (Wildman–Crippen LogP) is 3.93. The summed E-state index contributed by atoms with van der Waals surface area (Å²) in [6.07, 6.45) is 0. The fraction of sp³-hybridized carbons (Fsp3) is 0. The number of benzene rings is 5.